The van der Waals surface area contributed by atoms with Gasteiger partial charge in [-0.2, -0.15) is 5.10 Å². The van der Waals surface area contributed by atoms with Gasteiger partial charge >= 0.3 is 0 Å². The Bertz CT molecular complexity index is 1780. The number of rotatable bonds is 7. The number of halogens is 2. The fourth-order valence-electron chi connectivity index (χ4n) is 4.95. The van der Waals surface area contributed by atoms with E-state index in [0.29, 0.717) is 49.9 Å². The zero-order valence-electron chi connectivity index (χ0n) is 21.5. The fourth-order valence-corrected chi connectivity index (χ4v) is 5.37. The Labute approximate surface area is 241 Å². The summed E-state index contributed by atoms with van der Waals surface area (Å²) in [6.45, 7) is 0. The van der Waals surface area contributed by atoms with E-state index in [-0.39, 0.29) is 0 Å². The first kappa shape index (κ1) is 26.0. The third kappa shape index (κ3) is 4.71. The van der Waals surface area contributed by atoms with E-state index < -0.39 is 5.60 Å². The summed E-state index contributed by atoms with van der Waals surface area (Å²) in [5.74, 6) is 0.460. The molecule has 0 aliphatic rings. The molecule has 0 spiro atoms. The molecule has 0 saturated carbocycles. The third-order valence-corrected chi connectivity index (χ3v) is 7.70. The highest BCUT2D eigenvalue weighted by molar-refractivity contribution is 6.36. The van der Waals surface area contributed by atoms with Gasteiger partial charge in [-0.05, 0) is 65.2 Å². The van der Waals surface area contributed by atoms with Crippen molar-refractivity contribution >= 4 is 34.1 Å². The van der Waals surface area contributed by atoms with Crippen molar-refractivity contribution in [3.63, 3.8) is 0 Å². The van der Waals surface area contributed by atoms with Crippen LogP contribution in [0.4, 0.5) is 0 Å². The molecule has 8 heteroatoms. The molecule has 0 fully saturated rings. The summed E-state index contributed by atoms with van der Waals surface area (Å²) in [6.07, 6.45) is 7.49. The molecule has 1 atom stereocenters. The summed E-state index contributed by atoms with van der Waals surface area (Å²) in [4.78, 5) is 9.02. The molecular formula is C32H24Cl2N4O2. The number of hydrogen-bond acceptors (Lipinski definition) is 5. The van der Waals surface area contributed by atoms with Gasteiger partial charge in [0.05, 0.1) is 23.3 Å². The lowest BCUT2D eigenvalue weighted by molar-refractivity contribution is 0.125. The Kier molecular flexibility index (Phi) is 6.98. The molecule has 1 N–H and O–H groups in total. The molecule has 0 radical (unpaired) electrons. The van der Waals surface area contributed by atoms with Crippen molar-refractivity contribution in [2.24, 2.45) is 0 Å². The van der Waals surface area contributed by atoms with E-state index in [9.17, 15) is 5.11 Å². The Balaban J connectivity index is 1.46. The highest BCUT2D eigenvalue weighted by Crippen LogP contribution is 2.40. The molecule has 6 aromatic rings. The van der Waals surface area contributed by atoms with Crippen molar-refractivity contribution in [2.75, 3.05) is 7.11 Å². The lowest BCUT2D eigenvalue weighted by atomic mass is 9.80. The summed E-state index contributed by atoms with van der Waals surface area (Å²) in [5.41, 5.74) is 3.82. The molecule has 0 aliphatic heterocycles. The minimum atomic E-state index is -1.50. The van der Waals surface area contributed by atoms with Crippen LogP contribution < -0.4 is 4.74 Å². The Morgan fingerprint density at radius 1 is 0.875 bits per heavy atom. The van der Waals surface area contributed by atoms with Gasteiger partial charge in [-0.25, -0.2) is 9.67 Å². The van der Waals surface area contributed by atoms with E-state index in [1.807, 2.05) is 72.9 Å². The van der Waals surface area contributed by atoms with Gasteiger partial charge in [0.15, 0.2) is 0 Å². The molecule has 6 nitrogen and oxygen atoms in total. The number of pyridine rings is 2. The average molecular weight is 567 g/mol. The van der Waals surface area contributed by atoms with E-state index in [1.54, 1.807) is 48.6 Å². The second-order valence-electron chi connectivity index (χ2n) is 9.40. The van der Waals surface area contributed by atoms with Crippen LogP contribution in [0, 0.1) is 0 Å². The summed E-state index contributed by atoms with van der Waals surface area (Å²) in [6, 6.07) is 26.3. The molecule has 6 rings (SSSR count). The average Bonchev–Trinajstić information content (AvgIpc) is 3.54. The lowest BCUT2D eigenvalue weighted by Gasteiger charge is -2.30. The molecule has 1 unspecified atom stereocenters. The number of hydrogen-bond donors (Lipinski definition) is 1. The number of ether oxygens (including phenoxy) is 1. The topological polar surface area (TPSA) is 73.1 Å². The number of nitrogens with zero attached hydrogens (tertiary/aromatic N) is 4. The number of methoxy groups -OCH3 is 1. The van der Waals surface area contributed by atoms with Crippen molar-refractivity contribution in [1.29, 1.82) is 0 Å². The first-order valence-electron chi connectivity index (χ1n) is 12.6. The monoisotopic (exact) mass is 566 g/mol. The van der Waals surface area contributed by atoms with Crippen molar-refractivity contribution in [3.8, 4) is 11.6 Å². The van der Waals surface area contributed by atoms with Crippen LogP contribution in [0.25, 0.3) is 16.6 Å². The summed E-state index contributed by atoms with van der Waals surface area (Å²) < 4.78 is 7.46. The maximum atomic E-state index is 12.3. The SMILES string of the molecule is COc1nc2ccc(C(O)(c3ccc(Cl)cc3)c3cccnc3)cc2c(Cl)c1Cc1ccc(-n2cccn2)cc1. The van der Waals surface area contributed by atoms with Gasteiger partial charge < -0.3 is 9.84 Å². The van der Waals surface area contributed by atoms with Crippen LogP contribution in [0.1, 0.15) is 27.8 Å². The van der Waals surface area contributed by atoms with E-state index in [4.69, 9.17) is 32.9 Å². The van der Waals surface area contributed by atoms with Crippen LogP contribution >= 0.6 is 23.2 Å². The molecule has 0 saturated heterocycles. The number of aliphatic hydroxyl groups is 1. The predicted octanol–water partition coefficient (Wildman–Crippen LogP) is 7.01. The number of benzene rings is 3. The first-order chi connectivity index (χ1) is 19.5. The molecule has 3 aromatic carbocycles. The molecule has 40 heavy (non-hydrogen) atoms. The summed E-state index contributed by atoms with van der Waals surface area (Å²) in [5, 5.41) is 18.4. The van der Waals surface area contributed by atoms with Gasteiger partial charge in [0.2, 0.25) is 5.88 Å². The van der Waals surface area contributed by atoms with Crippen LogP contribution in [-0.2, 0) is 12.0 Å². The Hall–Kier alpha value is -4.23. The predicted molar refractivity (Wildman–Crippen MR) is 157 cm³/mol. The minimum Gasteiger partial charge on any atom is -0.481 e. The van der Waals surface area contributed by atoms with E-state index >= 15 is 0 Å². The van der Waals surface area contributed by atoms with E-state index in [1.165, 1.54) is 0 Å². The molecule has 3 aromatic heterocycles. The lowest BCUT2D eigenvalue weighted by Crippen LogP contribution is -2.29. The van der Waals surface area contributed by atoms with Crippen molar-refractivity contribution in [1.82, 2.24) is 19.7 Å². The van der Waals surface area contributed by atoms with Gasteiger partial charge in [-0.15, -0.1) is 0 Å². The van der Waals surface area contributed by atoms with Gasteiger partial charge in [-0.3, -0.25) is 4.98 Å². The largest absolute Gasteiger partial charge is 0.481 e. The van der Waals surface area contributed by atoms with Gasteiger partial charge in [0, 0.05) is 52.7 Å². The van der Waals surface area contributed by atoms with Gasteiger partial charge in [0.1, 0.15) is 5.60 Å². The quantitative estimate of drug-likeness (QED) is 0.225. The van der Waals surface area contributed by atoms with E-state index in [0.717, 1.165) is 16.8 Å². The normalized spacial score (nSPS) is 12.8. The second kappa shape index (κ2) is 10.7. The van der Waals surface area contributed by atoms with Crippen LogP contribution in [-0.4, -0.2) is 32.0 Å². The number of aromatic nitrogens is 4. The molecule has 0 bridgehead atoms. The van der Waals surface area contributed by atoms with Crippen LogP contribution in [0.2, 0.25) is 10.0 Å². The standard InChI is InChI=1S/C32H24Cl2N4O2/c1-40-31-28(18-21-5-12-26(13-6-21)38-17-3-16-36-38)30(34)27-19-23(9-14-29(27)37-31)32(39,24-4-2-15-35-20-24)22-7-10-25(33)11-8-22/h2-17,19-20,39H,18H2,1H3. The zero-order valence-corrected chi connectivity index (χ0v) is 23.0. The van der Waals surface area contributed by atoms with Crippen LogP contribution in [0.3, 0.4) is 0 Å². The molecule has 198 valence electrons. The van der Waals surface area contributed by atoms with Gasteiger partial charge in [0.25, 0.3) is 0 Å². The van der Waals surface area contributed by atoms with Gasteiger partial charge in [-0.1, -0.05) is 59.6 Å². The molecule has 0 amide bonds. The molecule has 0 aliphatic carbocycles. The van der Waals surface area contributed by atoms with Crippen molar-refractivity contribution in [2.45, 2.75) is 12.0 Å². The fraction of sp³-hybridized carbons (Fsp3) is 0.0938. The third-order valence-electron chi connectivity index (χ3n) is 7.02. The number of fused-ring (bicyclic) bond motifs is 1. The highest BCUT2D eigenvalue weighted by Gasteiger charge is 2.34. The van der Waals surface area contributed by atoms with Crippen LogP contribution in [0.15, 0.2) is 110 Å². The van der Waals surface area contributed by atoms with Crippen LogP contribution in [0.5, 0.6) is 5.88 Å². The highest BCUT2D eigenvalue weighted by atomic mass is 35.5. The van der Waals surface area contributed by atoms with E-state index in [2.05, 4.69) is 10.1 Å². The smallest absolute Gasteiger partial charge is 0.218 e. The maximum Gasteiger partial charge on any atom is 0.218 e. The minimum absolute atomic E-state index is 0.460. The summed E-state index contributed by atoms with van der Waals surface area (Å²) >= 11 is 13.2. The molecular weight excluding hydrogens is 543 g/mol. The first-order valence-corrected chi connectivity index (χ1v) is 13.4. The zero-order chi connectivity index (χ0) is 27.7. The summed E-state index contributed by atoms with van der Waals surface area (Å²) in [7, 11) is 1.59. The Morgan fingerprint density at radius 2 is 1.65 bits per heavy atom. The molecule has 3 heterocycles. The van der Waals surface area contributed by atoms with Crippen molar-refractivity contribution < 1.29 is 9.84 Å². The second-order valence-corrected chi connectivity index (χ2v) is 10.2. The Morgan fingerprint density at radius 3 is 2.33 bits per heavy atom. The van der Waals surface area contributed by atoms with Crippen molar-refractivity contribution in [3.05, 3.63) is 148 Å². The maximum absolute atomic E-state index is 12.3.